The highest BCUT2D eigenvalue weighted by Gasteiger charge is 2.09. The molecule has 1 aromatic rings. The van der Waals surface area contributed by atoms with Gasteiger partial charge in [-0.25, -0.2) is 0 Å². The lowest BCUT2D eigenvalue weighted by Crippen LogP contribution is -2.26. The fraction of sp³-hybridized carbons (Fsp3) is 0.500. The fourth-order valence-corrected chi connectivity index (χ4v) is 2.22. The van der Waals surface area contributed by atoms with Crippen molar-refractivity contribution < 1.29 is 9.59 Å². The standard InChI is InChI=1S/C16H23ClN2O2/c1-12(14-7-6-8-15(17)11-14)19-16(21)9-4-3-5-10-18-13(2)20/h6-8,11-12H,3-5,9-10H2,1-2H3,(H,18,20)(H,19,21). The van der Waals surface area contributed by atoms with Gasteiger partial charge in [-0.1, -0.05) is 30.2 Å². The molecule has 0 spiro atoms. The quantitative estimate of drug-likeness (QED) is 0.724. The first-order valence-electron chi connectivity index (χ1n) is 7.28. The lowest BCUT2D eigenvalue weighted by atomic mass is 10.1. The van der Waals surface area contributed by atoms with E-state index in [1.165, 1.54) is 6.92 Å². The van der Waals surface area contributed by atoms with E-state index in [4.69, 9.17) is 11.6 Å². The number of benzene rings is 1. The van der Waals surface area contributed by atoms with Gasteiger partial charge in [0.15, 0.2) is 0 Å². The van der Waals surface area contributed by atoms with Gasteiger partial charge in [-0.05, 0) is 37.5 Å². The summed E-state index contributed by atoms with van der Waals surface area (Å²) < 4.78 is 0. The van der Waals surface area contributed by atoms with Gasteiger partial charge in [0.2, 0.25) is 11.8 Å². The molecule has 0 aliphatic heterocycles. The average Bonchev–Trinajstić information content (AvgIpc) is 2.42. The highest BCUT2D eigenvalue weighted by molar-refractivity contribution is 6.30. The van der Waals surface area contributed by atoms with Crippen LogP contribution in [0, 0.1) is 0 Å². The minimum Gasteiger partial charge on any atom is -0.356 e. The molecular formula is C16H23ClN2O2. The van der Waals surface area contributed by atoms with E-state index in [9.17, 15) is 9.59 Å². The minimum absolute atomic E-state index is 0.0110. The van der Waals surface area contributed by atoms with Gasteiger partial charge < -0.3 is 10.6 Å². The van der Waals surface area contributed by atoms with Crippen LogP contribution >= 0.6 is 11.6 Å². The van der Waals surface area contributed by atoms with Crippen LogP contribution in [0.2, 0.25) is 5.02 Å². The Labute approximate surface area is 131 Å². The first kappa shape index (κ1) is 17.5. The Morgan fingerprint density at radius 3 is 2.67 bits per heavy atom. The highest BCUT2D eigenvalue weighted by Crippen LogP contribution is 2.17. The number of rotatable bonds is 8. The number of halogens is 1. The second-order valence-corrected chi connectivity index (χ2v) is 5.57. The van der Waals surface area contributed by atoms with Crippen LogP contribution in [0.4, 0.5) is 0 Å². The second kappa shape index (κ2) is 9.40. The van der Waals surface area contributed by atoms with Gasteiger partial charge in [0.1, 0.15) is 0 Å². The van der Waals surface area contributed by atoms with Gasteiger partial charge in [-0.2, -0.15) is 0 Å². The van der Waals surface area contributed by atoms with Crippen LogP contribution < -0.4 is 10.6 Å². The maximum absolute atomic E-state index is 11.8. The number of hydrogen-bond acceptors (Lipinski definition) is 2. The lowest BCUT2D eigenvalue weighted by Gasteiger charge is -2.14. The molecule has 0 saturated carbocycles. The molecule has 21 heavy (non-hydrogen) atoms. The van der Waals surface area contributed by atoms with Crippen LogP contribution in [0.25, 0.3) is 0 Å². The molecule has 116 valence electrons. The maximum atomic E-state index is 11.8. The van der Waals surface area contributed by atoms with Gasteiger partial charge in [-0.15, -0.1) is 0 Å². The summed E-state index contributed by atoms with van der Waals surface area (Å²) in [7, 11) is 0. The zero-order chi connectivity index (χ0) is 15.7. The lowest BCUT2D eigenvalue weighted by molar-refractivity contribution is -0.122. The van der Waals surface area contributed by atoms with E-state index in [1.54, 1.807) is 0 Å². The molecular weight excluding hydrogens is 288 g/mol. The van der Waals surface area contributed by atoms with Crippen molar-refractivity contribution in [1.82, 2.24) is 10.6 Å². The molecule has 1 unspecified atom stereocenters. The Morgan fingerprint density at radius 1 is 1.24 bits per heavy atom. The van der Waals surface area contributed by atoms with Crippen molar-refractivity contribution in [3.05, 3.63) is 34.9 Å². The molecule has 2 N–H and O–H groups in total. The van der Waals surface area contributed by atoms with Crippen molar-refractivity contribution >= 4 is 23.4 Å². The molecule has 0 fully saturated rings. The molecule has 1 rings (SSSR count). The van der Waals surface area contributed by atoms with Crippen molar-refractivity contribution in [3.8, 4) is 0 Å². The Balaban J connectivity index is 2.20. The van der Waals surface area contributed by atoms with Gasteiger partial charge in [0.25, 0.3) is 0 Å². The summed E-state index contributed by atoms with van der Waals surface area (Å²) in [6.07, 6.45) is 3.16. The number of amides is 2. The third kappa shape index (κ3) is 7.71. The van der Waals surface area contributed by atoms with Gasteiger partial charge in [0, 0.05) is 24.9 Å². The number of carbonyl (C=O) groups is 2. The van der Waals surface area contributed by atoms with Crippen LogP contribution in [-0.4, -0.2) is 18.4 Å². The van der Waals surface area contributed by atoms with E-state index >= 15 is 0 Å². The fourth-order valence-electron chi connectivity index (χ4n) is 2.02. The second-order valence-electron chi connectivity index (χ2n) is 5.14. The Morgan fingerprint density at radius 2 is 2.00 bits per heavy atom. The molecule has 0 aliphatic rings. The number of hydrogen-bond donors (Lipinski definition) is 2. The largest absolute Gasteiger partial charge is 0.356 e. The first-order valence-corrected chi connectivity index (χ1v) is 7.66. The number of unbranched alkanes of at least 4 members (excludes halogenated alkanes) is 2. The molecule has 0 saturated heterocycles. The number of nitrogens with one attached hydrogen (secondary N) is 2. The maximum Gasteiger partial charge on any atom is 0.220 e. The van der Waals surface area contributed by atoms with E-state index in [0.29, 0.717) is 18.0 Å². The van der Waals surface area contributed by atoms with Crippen LogP contribution in [0.1, 0.15) is 51.1 Å². The van der Waals surface area contributed by atoms with Crippen molar-refractivity contribution in [1.29, 1.82) is 0 Å². The van der Waals surface area contributed by atoms with Crippen molar-refractivity contribution in [2.45, 2.75) is 45.6 Å². The summed E-state index contributed by atoms with van der Waals surface area (Å²) in [5, 5.41) is 6.38. The molecule has 0 aliphatic carbocycles. The zero-order valence-electron chi connectivity index (χ0n) is 12.6. The topological polar surface area (TPSA) is 58.2 Å². The van der Waals surface area contributed by atoms with Crippen molar-refractivity contribution in [3.63, 3.8) is 0 Å². The van der Waals surface area contributed by atoms with E-state index in [2.05, 4.69) is 10.6 Å². The normalized spacial score (nSPS) is 11.8. The Bertz CT molecular complexity index is 477. The van der Waals surface area contributed by atoms with Crippen molar-refractivity contribution in [2.24, 2.45) is 0 Å². The minimum atomic E-state index is -0.0458. The molecule has 4 nitrogen and oxygen atoms in total. The molecule has 5 heteroatoms. The summed E-state index contributed by atoms with van der Waals surface area (Å²) >= 11 is 5.94. The number of carbonyl (C=O) groups excluding carboxylic acids is 2. The SMILES string of the molecule is CC(=O)NCCCCCC(=O)NC(C)c1cccc(Cl)c1. The van der Waals surface area contributed by atoms with Gasteiger partial charge in [0.05, 0.1) is 6.04 Å². The molecule has 1 aromatic carbocycles. The van der Waals surface area contributed by atoms with Gasteiger partial charge in [-0.3, -0.25) is 9.59 Å². The van der Waals surface area contributed by atoms with Crippen LogP contribution in [0.3, 0.4) is 0 Å². The summed E-state index contributed by atoms with van der Waals surface area (Å²) in [4.78, 5) is 22.5. The monoisotopic (exact) mass is 310 g/mol. The van der Waals surface area contributed by atoms with E-state index in [0.717, 1.165) is 24.8 Å². The predicted molar refractivity (Wildman–Crippen MR) is 85.2 cm³/mol. The average molecular weight is 311 g/mol. The molecule has 2 amide bonds. The Hall–Kier alpha value is -1.55. The molecule has 0 bridgehead atoms. The Kier molecular flexibility index (Phi) is 7.83. The molecule has 0 heterocycles. The summed E-state index contributed by atoms with van der Waals surface area (Å²) in [5.74, 6) is 0.0325. The summed E-state index contributed by atoms with van der Waals surface area (Å²) in [5.41, 5.74) is 1.00. The van der Waals surface area contributed by atoms with Crippen LogP contribution in [0.15, 0.2) is 24.3 Å². The third-order valence-electron chi connectivity index (χ3n) is 3.18. The predicted octanol–water partition coefficient (Wildman–Crippen LogP) is 3.21. The zero-order valence-corrected chi connectivity index (χ0v) is 13.4. The van der Waals surface area contributed by atoms with E-state index in [-0.39, 0.29) is 17.9 Å². The summed E-state index contributed by atoms with van der Waals surface area (Å²) in [6.45, 7) is 4.13. The van der Waals surface area contributed by atoms with Gasteiger partial charge >= 0.3 is 0 Å². The van der Waals surface area contributed by atoms with E-state index < -0.39 is 0 Å². The third-order valence-corrected chi connectivity index (χ3v) is 3.42. The van der Waals surface area contributed by atoms with Crippen molar-refractivity contribution in [2.75, 3.05) is 6.54 Å². The molecule has 0 aromatic heterocycles. The van der Waals surface area contributed by atoms with Crippen LogP contribution in [0.5, 0.6) is 0 Å². The first-order chi connectivity index (χ1) is 9.99. The van der Waals surface area contributed by atoms with Crippen LogP contribution in [-0.2, 0) is 9.59 Å². The smallest absolute Gasteiger partial charge is 0.220 e. The highest BCUT2D eigenvalue weighted by atomic mass is 35.5. The molecule has 1 atom stereocenters. The van der Waals surface area contributed by atoms with E-state index in [1.807, 2.05) is 31.2 Å². The summed E-state index contributed by atoms with van der Waals surface area (Å²) in [6, 6.07) is 7.46. The molecule has 0 radical (unpaired) electrons.